The molecule has 1 aromatic heterocycles. The number of aromatic nitrogens is 1. The van der Waals surface area contributed by atoms with Crippen molar-refractivity contribution in [3.8, 4) is 16.6 Å². The van der Waals surface area contributed by atoms with Gasteiger partial charge >= 0.3 is 6.03 Å². The minimum absolute atomic E-state index is 0.282. The number of hydrogen-bond donors (Lipinski definition) is 1. The van der Waals surface area contributed by atoms with Crippen molar-refractivity contribution in [2.24, 2.45) is 0 Å². The molecule has 0 spiro atoms. The van der Waals surface area contributed by atoms with E-state index in [0.717, 1.165) is 10.6 Å². The number of nitrogens with zero attached hydrogens (tertiary/aromatic N) is 3. The van der Waals surface area contributed by atoms with Gasteiger partial charge in [0.25, 0.3) is 0 Å². The first kappa shape index (κ1) is 21.0. The molecule has 1 heterocycles. The number of ether oxygens (including phenoxy) is 2. The molecular weight excluding hydrogens is 408 g/mol. The van der Waals surface area contributed by atoms with Gasteiger partial charge in [-0.05, 0) is 56.4 Å². The summed E-state index contributed by atoms with van der Waals surface area (Å²) in [6, 6.07) is 14.8. The highest BCUT2D eigenvalue weighted by Crippen LogP contribution is 2.35. The van der Waals surface area contributed by atoms with Gasteiger partial charge in [-0.3, -0.25) is 14.5 Å². The van der Waals surface area contributed by atoms with Gasteiger partial charge in [0.2, 0.25) is 5.06 Å². The van der Waals surface area contributed by atoms with Crippen LogP contribution in [-0.2, 0) is 0 Å². The third-order valence-electron chi connectivity index (χ3n) is 3.78. The van der Waals surface area contributed by atoms with Crippen LogP contribution in [0.25, 0.3) is 0 Å². The third kappa shape index (κ3) is 5.63. The van der Waals surface area contributed by atoms with Crippen molar-refractivity contribution in [2.45, 2.75) is 4.90 Å². The highest BCUT2D eigenvalue weighted by Gasteiger charge is 2.15. The Hall–Kier alpha value is -2.75. The Morgan fingerprint density at radius 2 is 1.86 bits per heavy atom. The third-order valence-corrected chi connectivity index (χ3v) is 5.40. The Labute approximate surface area is 178 Å². The number of carbonyl (C=O) groups is 1. The van der Waals surface area contributed by atoms with Crippen LogP contribution in [0.2, 0.25) is 0 Å². The van der Waals surface area contributed by atoms with Crippen molar-refractivity contribution >= 4 is 40.1 Å². The summed E-state index contributed by atoms with van der Waals surface area (Å²) >= 11 is 2.83. The molecule has 0 bridgehead atoms. The van der Waals surface area contributed by atoms with Crippen LogP contribution in [0.5, 0.6) is 16.6 Å². The predicted octanol–water partition coefficient (Wildman–Crippen LogP) is 5.18. The molecular formula is C20H22N4O3S2. The second-order valence-electron chi connectivity index (χ2n) is 6.13. The average molecular weight is 431 g/mol. The molecule has 2 amide bonds. The maximum atomic E-state index is 12.6. The summed E-state index contributed by atoms with van der Waals surface area (Å²) < 4.78 is 13.1. The van der Waals surface area contributed by atoms with Crippen LogP contribution < -0.4 is 19.7 Å². The van der Waals surface area contributed by atoms with Gasteiger partial charge in [0.05, 0.1) is 13.3 Å². The lowest BCUT2D eigenvalue weighted by Crippen LogP contribution is -2.31. The number of para-hydroxylation sites is 2. The number of benzene rings is 2. The van der Waals surface area contributed by atoms with Crippen molar-refractivity contribution in [1.82, 2.24) is 9.29 Å². The zero-order valence-corrected chi connectivity index (χ0v) is 18.2. The van der Waals surface area contributed by atoms with Gasteiger partial charge in [0.15, 0.2) is 16.6 Å². The van der Waals surface area contributed by atoms with E-state index >= 15 is 0 Å². The molecule has 152 valence electrons. The van der Waals surface area contributed by atoms with Gasteiger partial charge in [0.1, 0.15) is 0 Å². The lowest BCUT2D eigenvalue weighted by Gasteiger charge is -2.18. The first-order chi connectivity index (χ1) is 14.0. The minimum atomic E-state index is -0.282. The summed E-state index contributed by atoms with van der Waals surface area (Å²) in [6.07, 6.45) is 1.57. The predicted molar refractivity (Wildman–Crippen MR) is 119 cm³/mol. The van der Waals surface area contributed by atoms with Gasteiger partial charge in [-0.15, -0.1) is 0 Å². The van der Waals surface area contributed by atoms with E-state index in [1.54, 1.807) is 37.2 Å². The number of anilines is 2. The van der Waals surface area contributed by atoms with E-state index in [1.165, 1.54) is 11.3 Å². The van der Waals surface area contributed by atoms with Gasteiger partial charge in [0, 0.05) is 17.6 Å². The maximum Gasteiger partial charge on any atom is 0.327 e. The Bertz CT molecular complexity index is 978. The second-order valence-corrected chi connectivity index (χ2v) is 8.51. The Balaban J connectivity index is 1.65. The minimum Gasteiger partial charge on any atom is -0.493 e. The SMILES string of the molecule is COc1ccccc1Oc1cnc(NC(=O)N(C)c2cccc(SN(C)C)c2)s1. The zero-order valence-electron chi connectivity index (χ0n) is 16.6. The number of methoxy groups -OCH3 is 1. The molecule has 0 aliphatic rings. The molecule has 0 aliphatic carbocycles. The number of thiazole rings is 1. The van der Waals surface area contributed by atoms with Crippen molar-refractivity contribution in [3.63, 3.8) is 0 Å². The van der Waals surface area contributed by atoms with Crippen LogP contribution in [0, 0.1) is 0 Å². The molecule has 2 aromatic carbocycles. The quantitative estimate of drug-likeness (QED) is 0.521. The Morgan fingerprint density at radius 3 is 2.59 bits per heavy atom. The number of rotatable bonds is 7. The molecule has 29 heavy (non-hydrogen) atoms. The first-order valence-electron chi connectivity index (χ1n) is 8.73. The summed E-state index contributed by atoms with van der Waals surface area (Å²) in [5, 5.41) is 3.80. The molecule has 0 unspecified atom stereocenters. The molecule has 9 heteroatoms. The van der Waals surface area contributed by atoms with Gasteiger partial charge < -0.3 is 9.47 Å². The van der Waals surface area contributed by atoms with Gasteiger partial charge in [-0.2, -0.15) is 0 Å². The zero-order chi connectivity index (χ0) is 20.8. The second kappa shape index (κ2) is 9.64. The number of hydrogen-bond acceptors (Lipinski definition) is 7. The van der Waals surface area contributed by atoms with Crippen molar-refractivity contribution in [2.75, 3.05) is 38.5 Å². The first-order valence-corrected chi connectivity index (χ1v) is 10.3. The maximum absolute atomic E-state index is 12.6. The number of amides is 2. The molecule has 0 saturated carbocycles. The topological polar surface area (TPSA) is 66.9 Å². The number of carbonyl (C=O) groups excluding carboxylic acids is 1. The van der Waals surface area contributed by atoms with Crippen molar-refractivity contribution in [1.29, 1.82) is 0 Å². The van der Waals surface area contributed by atoms with Crippen LogP contribution in [-0.4, -0.2) is 43.6 Å². The summed E-state index contributed by atoms with van der Waals surface area (Å²) in [6.45, 7) is 0. The van der Waals surface area contributed by atoms with E-state index in [2.05, 4.69) is 10.3 Å². The normalized spacial score (nSPS) is 10.7. The van der Waals surface area contributed by atoms with Crippen molar-refractivity contribution in [3.05, 3.63) is 54.7 Å². The standard InChI is InChI=1S/C20H22N4O3S2/c1-23(2)29-15-9-7-8-14(12-15)24(3)20(25)22-19-21-13-18(28-19)27-17-11-6-5-10-16(17)26-4/h5-13H,1-4H3,(H,21,22,25). The smallest absolute Gasteiger partial charge is 0.327 e. The van der Waals surface area contributed by atoms with E-state index < -0.39 is 0 Å². The Kier molecular flexibility index (Phi) is 6.97. The van der Waals surface area contributed by atoms with Gasteiger partial charge in [-0.1, -0.05) is 29.5 Å². The molecule has 3 rings (SSSR count). The van der Waals surface area contributed by atoms with Crippen LogP contribution in [0.1, 0.15) is 0 Å². The van der Waals surface area contributed by atoms with E-state index in [-0.39, 0.29) is 6.03 Å². The molecule has 7 nitrogen and oxygen atoms in total. The molecule has 0 saturated heterocycles. The fraction of sp³-hybridized carbons (Fsp3) is 0.200. The van der Waals surface area contributed by atoms with Crippen LogP contribution in [0.15, 0.2) is 59.6 Å². The van der Waals surface area contributed by atoms with Crippen LogP contribution in [0.3, 0.4) is 0 Å². The summed E-state index contributed by atoms with van der Waals surface area (Å²) in [4.78, 5) is 19.4. The average Bonchev–Trinajstić information content (AvgIpc) is 3.14. The molecule has 0 fully saturated rings. The molecule has 3 aromatic rings. The molecule has 1 N–H and O–H groups in total. The molecule has 0 atom stereocenters. The Morgan fingerprint density at radius 1 is 1.10 bits per heavy atom. The van der Waals surface area contributed by atoms with E-state index in [4.69, 9.17) is 9.47 Å². The monoisotopic (exact) mass is 430 g/mol. The largest absolute Gasteiger partial charge is 0.493 e. The van der Waals surface area contributed by atoms with Crippen molar-refractivity contribution < 1.29 is 14.3 Å². The van der Waals surface area contributed by atoms with E-state index in [1.807, 2.05) is 66.9 Å². The molecule has 0 radical (unpaired) electrons. The highest BCUT2D eigenvalue weighted by molar-refractivity contribution is 7.97. The fourth-order valence-corrected chi connectivity index (χ4v) is 3.83. The number of nitrogens with one attached hydrogen (secondary N) is 1. The van der Waals surface area contributed by atoms with Gasteiger partial charge in [-0.25, -0.2) is 9.78 Å². The van der Waals surface area contributed by atoms with E-state index in [0.29, 0.717) is 21.7 Å². The van der Waals surface area contributed by atoms with E-state index in [9.17, 15) is 4.79 Å². The number of urea groups is 1. The lowest BCUT2D eigenvalue weighted by molar-refractivity contribution is 0.258. The molecule has 0 aliphatic heterocycles. The summed E-state index contributed by atoms with van der Waals surface area (Å²) in [5.74, 6) is 1.21. The summed E-state index contributed by atoms with van der Waals surface area (Å²) in [7, 11) is 7.25. The lowest BCUT2D eigenvalue weighted by atomic mass is 10.3. The highest BCUT2D eigenvalue weighted by atomic mass is 32.2. The fourth-order valence-electron chi connectivity index (χ4n) is 2.43. The van der Waals surface area contributed by atoms with Crippen LogP contribution in [0.4, 0.5) is 15.6 Å². The van der Waals surface area contributed by atoms with Crippen LogP contribution >= 0.6 is 23.3 Å². The summed E-state index contributed by atoms with van der Waals surface area (Å²) in [5.41, 5.74) is 0.788.